The third kappa shape index (κ3) is 3.75. The molecule has 0 fully saturated rings. The van der Waals surface area contributed by atoms with Crippen molar-refractivity contribution in [2.24, 2.45) is 7.05 Å². The molecule has 9 heteroatoms. The molecule has 0 saturated carbocycles. The fraction of sp³-hybridized carbons (Fsp3) is 0.176. The van der Waals surface area contributed by atoms with E-state index in [1.54, 1.807) is 10.9 Å². The van der Waals surface area contributed by atoms with Crippen LogP contribution in [0.3, 0.4) is 0 Å². The number of hydrogen-bond acceptors (Lipinski definition) is 4. The topological polar surface area (TPSA) is 102 Å². The van der Waals surface area contributed by atoms with Gasteiger partial charge >= 0.3 is 5.97 Å². The molecule has 0 bridgehead atoms. The molecule has 0 aliphatic carbocycles. The van der Waals surface area contributed by atoms with E-state index in [9.17, 15) is 9.59 Å². The zero-order chi connectivity index (χ0) is 18.8. The summed E-state index contributed by atoms with van der Waals surface area (Å²) in [7, 11) is 1.53. The van der Waals surface area contributed by atoms with E-state index in [4.69, 9.17) is 16.7 Å². The number of rotatable bonds is 5. The van der Waals surface area contributed by atoms with E-state index in [0.29, 0.717) is 6.54 Å². The lowest BCUT2D eigenvalue weighted by Crippen LogP contribution is -2.16. The first-order valence-corrected chi connectivity index (χ1v) is 8.08. The second-order valence-corrected chi connectivity index (χ2v) is 6.24. The molecule has 0 aliphatic heterocycles. The lowest BCUT2D eigenvalue weighted by atomic mass is 10.1. The van der Waals surface area contributed by atoms with Crippen molar-refractivity contribution in [2.75, 3.05) is 5.32 Å². The van der Waals surface area contributed by atoms with Crippen molar-refractivity contribution in [1.82, 2.24) is 19.6 Å². The first-order chi connectivity index (χ1) is 12.3. The third-order valence-corrected chi connectivity index (χ3v) is 3.93. The molecule has 134 valence electrons. The zero-order valence-electron chi connectivity index (χ0n) is 14.1. The number of nitrogens with one attached hydrogen (secondary N) is 1. The first kappa shape index (κ1) is 17.7. The molecular formula is C17H16ClN5O3. The molecule has 1 aromatic carbocycles. The van der Waals surface area contributed by atoms with Crippen LogP contribution in [-0.2, 0) is 13.6 Å². The number of carbonyl (C=O) groups excluding carboxylic acids is 1. The van der Waals surface area contributed by atoms with Crippen LogP contribution in [0.15, 0.2) is 36.7 Å². The standard InChI is InChI=1S/C17H16ClN5O3/c1-10-4-3-5-11(6-10)7-23-9-13(18)15(21-23)19-16(24)12-8-22(2)20-14(12)17(25)26/h3-6,8-9H,7H2,1-2H3,(H,25,26)(H,19,21,24). The molecule has 1 amide bonds. The average Bonchev–Trinajstić information content (AvgIpc) is 3.11. The van der Waals surface area contributed by atoms with Crippen LogP contribution in [0.4, 0.5) is 5.82 Å². The lowest BCUT2D eigenvalue weighted by Gasteiger charge is -2.03. The summed E-state index contributed by atoms with van der Waals surface area (Å²) in [6, 6.07) is 7.95. The minimum Gasteiger partial charge on any atom is -0.476 e. The Hall–Kier alpha value is -3.13. The van der Waals surface area contributed by atoms with Crippen LogP contribution in [0.5, 0.6) is 0 Å². The monoisotopic (exact) mass is 373 g/mol. The van der Waals surface area contributed by atoms with Crippen LogP contribution >= 0.6 is 11.6 Å². The molecule has 0 spiro atoms. The quantitative estimate of drug-likeness (QED) is 0.715. The van der Waals surface area contributed by atoms with Crippen molar-refractivity contribution >= 4 is 29.3 Å². The van der Waals surface area contributed by atoms with E-state index >= 15 is 0 Å². The number of carboxylic acids is 1. The van der Waals surface area contributed by atoms with Crippen LogP contribution in [-0.4, -0.2) is 36.5 Å². The van der Waals surface area contributed by atoms with Crippen molar-refractivity contribution in [3.05, 3.63) is 64.1 Å². The maximum absolute atomic E-state index is 12.4. The number of halogens is 1. The van der Waals surface area contributed by atoms with Crippen LogP contribution in [0.1, 0.15) is 32.0 Å². The fourth-order valence-electron chi connectivity index (χ4n) is 2.55. The summed E-state index contributed by atoms with van der Waals surface area (Å²) < 4.78 is 2.87. The van der Waals surface area contributed by atoms with Gasteiger partial charge in [-0.3, -0.25) is 14.2 Å². The molecule has 0 radical (unpaired) electrons. The lowest BCUT2D eigenvalue weighted by molar-refractivity contribution is 0.0685. The zero-order valence-corrected chi connectivity index (χ0v) is 14.9. The van der Waals surface area contributed by atoms with Crippen molar-refractivity contribution in [3.8, 4) is 0 Å². The minimum absolute atomic E-state index is 0.0655. The maximum Gasteiger partial charge on any atom is 0.357 e. The van der Waals surface area contributed by atoms with Crippen LogP contribution in [0.25, 0.3) is 0 Å². The first-order valence-electron chi connectivity index (χ1n) is 7.70. The SMILES string of the molecule is Cc1cccc(Cn2cc(Cl)c(NC(=O)c3cn(C)nc3C(=O)O)n2)c1. The summed E-state index contributed by atoms with van der Waals surface area (Å²) in [6.45, 7) is 2.49. The Morgan fingerprint density at radius 1 is 1.27 bits per heavy atom. The molecule has 0 atom stereocenters. The molecule has 2 aromatic heterocycles. The molecule has 0 unspecified atom stereocenters. The predicted octanol–water partition coefficient (Wildman–Crippen LogP) is 2.58. The largest absolute Gasteiger partial charge is 0.476 e. The van der Waals surface area contributed by atoms with Crippen molar-refractivity contribution < 1.29 is 14.7 Å². The number of nitrogens with zero attached hydrogens (tertiary/aromatic N) is 4. The van der Waals surface area contributed by atoms with Gasteiger partial charge in [-0.05, 0) is 12.5 Å². The molecule has 26 heavy (non-hydrogen) atoms. The number of aryl methyl sites for hydroxylation is 2. The van der Waals surface area contributed by atoms with Gasteiger partial charge in [-0.2, -0.15) is 10.2 Å². The highest BCUT2D eigenvalue weighted by molar-refractivity contribution is 6.33. The number of aromatic carboxylic acids is 1. The molecule has 0 aliphatic rings. The van der Waals surface area contributed by atoms with Gasteiger partial charge in [0, 0.05) is 19.4 Å². The second kappa shape index (κ2) is 7.01. The molecule has 3 rings (SSSR count). The van der Waals surface area contributed by atoms with E-state index < -0.39 is 11.9 Å². The molecule has 2 heterocycles. The predicted molar refractivity (Wildman–Crippen MR) is 95.6 cm³/mol. The smallest absolute Gasteiger partial charge is 0.357 e. The highest BCUT2D eigenvalue weighted by Crippen LogP contribution is 2.21. The number of carboxylic acid groups (broad SMARTS) is 1. The average molecular weight is 374 g/mol. The van der Waals surface area contributed by atoms with Gasteiger partial charge in [-0.1, -0.05) is 41.4 Å². The van der Waals surface area contributed by atoms with E-state index in [1.807, 2.05) is 31.2 Å². The number of carbonyl (C=O) groups is 2. The summed E-state index contributed by atoms with van der Waals surface area (Å²) in [5.74, 6) is -1.77. The van der Waals surface area contributed by atoms with Gasteiger partial charge < -0.3 is 10.4 Å². The van der Waals surface area contributed by atoms with E-state index in [0.717, 1.165) is 11.1 Å². The van der Waals surface area contributed by atoms with Gasteiger partial charge in [0.2, 0.25) is 0 Å². The molecular weight excluding hydrogens is 358 g/mol. The number of hydrogen-bond donors (Lipinski definition) is 2. The van der Waals surface area contributed by atoms with Crippen LogP contribution < -0.4 is 5.32 Å². The molecule has 0 saturated heterocycles. The number of anilines is 1. The number of aromatic nitrogens is 4. The third-order valence-electron chi connectivity index (χ3n) is 3.65. The summed E-state index contributed by atoms with van der Waals surface area (Å²) in [4.78, 5) is 23.6. The highest BCUT2D eigenvalue weighted by atomic mass is 35.5. The van der Waals surface area contributed by atoms with Crippen LogP contribution in [0, 0.1) is 6.92 Å². The summed E-state index contributed by atoms with van der Waals surface area (Å²) in [6.07, 6.45) is 2.93. The highest BCUT2D eigenvalue weighted by Gasteiger charge is 2.22. The van der Waals surface area contributed by atoms with Crippen LogP contribution in [0.2, 0.25) is 5.02 Å². The van der Waals surface area contributed by atoms with E-state index in [2.05, 4.69) is 15.5 Å². The number of amides is 1. The van der Waals surface area contributed by atoms with Crippen molar-refractivity contribution in [1.29, 1.82) is 0 Å². The maximum atomic E-state index is 12.4. The molecule has 8 nitrogen and oxygen atoms in total. The fourth-order valence-corrected chi connectivity index (χ4v) is 2.75. The van der Waals surface area contributed by atoms with Gasteiger partial charge in [0.1, 0.15) is 5.02 Å². The Morgan fingerprint density at radius 3 is 2.73 bits per heavy atom. The molecule has 2 N–H and O–H groups in total. The Labute approximate surface area is 154 Å². The number of benzene rings is 1. The Bertz CT molecular complexity index is 992. The Kier molecular flexibility index (Phi) is 4.77. The Balaban J connectivity index is 1.79. The summed E-state index contributed by atoms with van der Waals surface area (Å²) >= 11 is 6.15. The van der Waals surface area contributed by atoms with Gasteiger partial charge in [0.05, 0.1) is 12.1 Å². The van der Waals surface area contributed by atoms with Gasteiger partial charge in [0.25, 0.3) is 5.91 Å². The summed E-state index contributed by atoms with van der Waals surface area (Å²) in [5, 5.41) is 19.9. The summed E-state index contributed by atoms with van der Waals surface area (Å²) in [5.41, 5.74) is 1.78. The minimum atomic E-state index is -1.29. The van der Waals surface area contributed by atoms with Gasteiger partial charge in [-0.15, -0.1) is 0 Å². The molecule has 3 aromatic rings. The van der Waals surface area contributed by atoms with Gasteiger partial charge in [0.15, 0.2) is 11.5 Å². The van der Waals surface area contributed by atoms with E-state index in [-0.39, 0.29) is 22.1 Å². The van der Waals surface area contributed by atoms with E-state index in [1.165, 1.54) is 17.9 Å². The second-order valence-electron chi connectivity index (χ2n) is 5.84. The van der Waals surface area contributed by atoms with Crippen molar-refractivity contribution in [3.63, 3.8) is 0 Å². The Morgan fingerprint density at radius 2 is 2.04 bits per heavy atom. The normalized spacial score (nSPS) is 10.7. The van der Waals surface area contributed by atoms with Crippen molar-refractivity contribution in [2.45, 2.75) is 13.5 Å². The van der Waals surface area contributed by atoms with Gasteiger partial charge in [-0.25, -0.2) is 4.79 Å².